The SMILES string of the molecule is CS(=O)(=O)C1(C(=O)NCc2ccccc2)CCNCC1. The van der Waals surface area contributed by atoms with Gasteiger partial charge in [-0.2, -0.15) is 0 Å². The van der Waals surface area contributed by atoms with Crippen LogP contribution in [-0.4, -0.2) is 38.4 Å². The molecule has 0 aromatic heterocycles. The standard InChI is InChI=1S/C14H20N2O3S/c1-20(18,19)14(7-9-15-10-8-14)13(17)16-11-12-5-3-2-4-6-12/h2-6,15H,7-11H2,1H3,(H,16,17). The molecule has 110 valence electrons. The fraction of sp³-hybridized carbons (Fsp3) is 0.500. The van der Waals surface area contributed by atoms with Crippen molar-refractivity contribution in [2.45, 2.75) is 24.1 Å². The van der Waals surface area contributed by atoms with Crippen LogP contribution in [0.3, 0.4) is 0 Å². The number of benzene rings is 1. The summed E-state index contributed by atoms with van der Waals surface area (Å²) in [6, 6.07) is 9.47. The topological polar surface area (TPSA) is 75.3 Å². The van der Waals surface area contributed by atoms with Crippen LogP contribution in [0.2, 0.25) is 0 Å². The molecule has 0 unspecified atom stereocenters. The predicted octanol–water partition coefficient (Wildman–Crippen LogP) is 0.470. The number of piperidine rings is 1. The molecule has 2 rings (SSSR count). The van der Waals surface area contributed by atoms with Gasteiger partial charge in [0.25, 0.3) is 0 Å². The summed E-state index contributed by atoms with van der Waals surface area (Å²) in [7, 11) is -3.44. The average Bonchev–Trinajstić information content (AvgIpc) is 2.45. The first-order valence-electron chi connectivity index (χ1n) is 6.68. The van der Waals surface area contributed by atoms with Crippen molar-refractivity contribution in [2.75, 3.05) is 19.3 Å². The maximum atomic E-state index is 12.4. The second-order valence-electron chi connectivity index (χ2n) is 5.18. The fourth-order valence-electron chi connectivity index (χ4n) is 2.54. The second kappa shape index (κ2) is 5.93. The van der Waals surface area contributed by atoms with Gasteiger partial charge in [0.2, 0.25) is 5.91 Å². The Morgan fingerprint density at radius 3 is 2.40 bits per heavy atom. The zero-order valence-corrected chi connectivity index (χ0v) is 12.4. The lowest BCUT2D eigenvalue weighted by atomic mass is 9.95. The van der Waals surface area contributed by atoms with E-state index in [1.807, 2.05) is 30.3 Å². The van der Waals surface area contributed by atoms with Gasteiger partial charge in [0, 0.05) is 12.8 Å². The maximum absolute atomic E-state index is 12.4. The van der Waals surface area contributed by atoms with Crippen molar-refractivity contribution in [3.63, 3.8) is 0 Å². The monoisotopic (exact) mass is 296 g/mol. The molecule has 1 aromatic carbocycles. The molecular formula is C14H20N2O3S. The molecule has 6 heteroatoms. The normalized spacial score (nSPS) is 18.4. The molecule has 0 saturated carbocycles. The number of carbonyl (C=O) groups is 1. The first kappa shape index (κ1) is 15.0. The van der Waals surface area contributed by atoms with Crippen molar-refractivity contribution in [2.24, 2.45) is 0 Å². The third-order valence-electron chi connectivity index (χ3n) is 3.83. The molecular weight excluding hydrogens is 276 g/mol. The highest BCUT2D eigenvalue weighted by Gasteiger charge is 2.48. The summed E-state index contributed by atoms with van der Waals surface area (Å²) in [6.45, 7) is 1.45. The Morgan fingerprint density at radius 1 is 1.25 bits per heavy atom. The molecule has 1 aliphatic heterocycles. The lowest BCUT2D eigenvalue weighted by Gasteiger charge is -2.34. The van der Waals surface area contributed by atoms with E-state index in [2.05, 4.69) is 10.6 Å². The largest absolute Gasteiger partial charge is 0.351 e. The van der Waals surface area contributed by atoms with Gasteiger partial charge in [-0.3, -0.25) is 4.79 Å². The van der Waals surface area contributed by atoms with Gasteiger partial charge in [-0.25, -0.2) is 8.42 Å². The predicted molar refractivity (Wildman–Crippen MR) is 78.0 cm³/mol. The van der Waals surface area contributed by atoms with Crippen LogP contribution in [0.4, 0.5) is 0 Å². The van der Waals surface area contributed by atoms with Crippen molar-refractivity contribution in [1.29, 1.82) is 0 Å². The third-order valence-corrected chi connectivity index (χ3v) is 5.84. The Hall–Kier alpha value is -1.40. The molecule has 1 aromatic rings. The average molecular weight is 296 g/mol. The van der Waals surface area contributed by atoms with Crippen molar-refractivity contribution in [3.05, 3.63) is 35.9 Å². The molecule has 1 fully saturated rings. The number of hydrogen-bond donors (Lipinski definition) is 2. The first-order valence-corrected chi connectivity index (χ1v) is 8.57. The Morgan fingerprint density at radius 2 is 1.85 bits per heavy atom. The van der Waals surface area contributed by atoms with Crippen molar-refractivity contribution in [1.82, 2.24) is 10.6 Å². The van der Waals surface area contributed by atoms with E-state index in [0.717, 1.165) is 11.8 Å². The Bertz CT molecular complexity index is 563. The minimum Gasteiger partial charge on any atom is -0.351 e. The lowest BCUT2D eigenvalue weighted by Crippen LogP contribution is -2.57. The van der Waals surface area contributed by atoms with Crippen LogP contribution in [-0.2, 0) is 21.2 Å². The van der Waals surface area contributed by atoms with Crippen LogP contribution in [0.1, 0.15) is 18.4 Å². The molecule has 0 aliphatic carbocycles. The van der Waals surface area contributed by atoms with Crippen LogP contribution >= 0.6 is 0 Å². The molecule has 0 atom stereocenters. The zero-order valence-electron chi connectivity index (χ0n) is 11.6. The summed E-state index contributed by atoms with van der Waals surface area (Å²) in [5, 5.41) is 5.87. The summed E-state index contributed by atoms with van der Waals surface area (Å²) >= 11 is 0. The molecule has 20 heavy (non-hydrogen) atoms. The van der Waals surface area contributed by atoms with Crippen molar-refractivity contribution in [3.8, 4) is 0 Å². The molecule has 2 N–H and O–H groups in total. The Labute approximate surface area is 119 Å². The highest BCUT2D eigenvalue weighted by Crippen LogP contribution is 2.28. The summed E-state index contributed by atoms with van der Waals surface area (Å²) in [6.07, 6.45) is 1.80. The molecule has 0 bridgehead atoms. The summed E-state index contributed by atoms with van der Waals surface area (Å²) in [4.78, 5) is 12.4. The minimum atomic E-state index is -3.44. The van der Waals surface area contributed by atoms with Crippen LogP contribution in [0.5, 0.6) is 0 Å². The van der Waals surface area contributed by atoms with E-state index >= 15 is 0 Å². The molecule has 1 heterocycles. The van der Waals surface area contributed by atoms with Crippen LogP contribution in [0, 0.1) is 0 Å². The highest BCUT2D eigenvalue weighted by atomic mass is 32.2. The van der Waals surface area contributed by atoms with Gasteiger partial charge in [0.1, 0.15) is 0 Å². The van der Waals surface area contributed by atoms with E-state index < -0.39 is 14.6 Å². The van der Waals surface area contributed by atoms with Gasteiger partial charge in [-0.15, -0.1) is 0 Å². The molecule has 0 radical (unpaired) electrons. The second-order valence-corrected chi connectivity index (χ2v) is 7.51. The van der Waals surface area contributed by atoms with E-state index in [1.54, 1.807) is 0 Å². The molecule has 0 spiro atoms. The minimum absolute atomic E-state index is 0.326. The fourth-order valence-corrected chi connectivity index (χ4v) is 3.89. The van der Waals surface area contributed by atoms with Gasteiger partial charge in [0.15, 0.2) is 14.6 Å². The lowest BCUT2D eigenvalue weighted by molar-refractivity contribution is -0.124. The van der Waals surface area contributed by atoms with E-state index in [0.29, 0.717) is 32.5 Å². The smallest absolute Gasteiger partial charge is 0.241 e. The van der Waals surface area contributed by atoms with Gasteiger partial charge in [-0.1, -0.05) is 30.3 Å². The maximum Gasteiger partial charge on any atom is 0.241 e. The van der Waals surface area contributed by atoms with E-state index in [1.165, 1.54) is 0 Å². The summed E-state index contributed by atoms with van der Waals surface area (Å²) < 4.78 is 22.9. The van der Waals surface area contributed by atoms with E-state index in [-0.39, 0.29) is 5.91 Å². The van der Waals surface area contributed by atoms with Gasteiger partial charge >= 0.3 is 0 Å². The van der Waals surface area contributed by atoms with Gasteiger partial charge in [-0.05, 0) is 31.5 Å². The summed E-state index contributed by atoms with van der Waals surface area (Å²) in [5.41, 5.74) is 0.957. The molecule has 1 amide bonds. The number of hydrogen-bond acceptors (Lipinski definition) is 4. The van der Waals surface area contributed by atoms with Crippen LogP contribution < -0.4 is 10.6 Å². The van der Waals surface area contributed by atoms with Crippen molar-refractivity contribution >= 4 is 15.7 Å². The molecule has 1 saturated heterocycles. The van der Waals surface area contributed by atoms with Crippen LogP contribution in [0.25, 0.3) is 0 Å². The quantitative estimate of drug-likeness (QED) is 0.847. The highest BCUT2D eigenvalue weighted by molar-refractivity contribution is 7.92. The first-order chi connectivity index (χ1) is 9.46. The van der Waals surface area contributed by atoms with Gasteiger partial charge < -0.3 is 10.6 Å². The van der Waals surface area contributed by atoms with Crippen molar-refractivity contribution < 1.29 is 13.2 Å². The number of carbonyl (C=O) groups excluding carboxylic acids is 1. The van der Waals surface area contributed by atoms with E-state index in [9.17, 15) is 13.2 Å². The summed E-state index contributed by atoms with van der Waals surface area (Å²) in [5.74, 6) is -0.384. The van der Waals surface area contributed by atoms with Gasteiger partial charge in [0.05, 0.1) is 0 Å². The Kier molecular flexibility index (Phi) is 4.45. The number of amides is 1. The number of rotatable bonds is 4. The Balaban J connectivity index is 2.12. The van der Waals surface area contributed by atoms with E-state index in [4.69, 9.17) is 0 Å². The van der Waals surface area contributed by atoms with Crippen LogP contribution in [0.15, 0.2) is 30.3 Å². The number of nitrogens with one attached hydrogen (secondary N) is 2. The third kappa shape index (κ3) is 3.02. The number of sulfone groups is 1. The molecule has 5 nitrogen and oxygen atoms in total. The molecule has 1 aliphatic rings. The zero-order chi connectivity index (χ0) is 14.6.